The molecule has 0 saturated carbocycles. The van der Waals surface area contributed by atoms with E-state index in [0.29, 0.717) is 6.42 Å². The minimum absolute atomic E-state index is 0.0793. The van der Waals surface area contributed by atoms with E-state index in [1.54, 1.807) is 0 Å². The van der Waals surface area contributed by atoms with Crippen molar-refractivity contribution in [2.45, 2.75) is 47.0 Å². The fraction of sp³-hybridized carbons (Fsp3) is 0.318. The number of thiophene rings is 1. The first-order valence-electron chi connectivity index (χ1n) is 9.05. The number of benzene rings is 1. The molecule has 3 aromatic rings. The van der Waals surface area contributed by atoms with E-state index < -0.39 is 0 Å². The van der Waals surface area contributed by atoms with Crippen LogP contribution in [0.4, 0.5) is 5.69 Å². The van der Waals surface area contributed by atoms with Crippen molar-refractivity contribution >= 4 is 22.9 Å². The van der Waals surface area contributed by atoms with Crippen molar-refractivity contribution < 1.29 is 4.79 Å². The van der Waals surface area contributed by atoms with Gasteiger partial charge in [0.1, 0.15) is 0 Å². The molecular formula is C22H26N2OS. The summed E-state index contributed by atoms with van der Waals surface area (Å²) in [4.78, 5) is 14.9. The van der Waals surface area contributed by atoms with Crippen LogP contribution in [0.1, 0.15) is 39.5 Å². The third-order valence-corrected chi connectivity index (χ3v) is 5.68. The monoisotopic (exact) mass is 366 g/mol. The molecule has 0 saturated heterocycles. The molecule has 26 heavy (non-hydrogen) atoms. The van der Waals surface area contributed by atoms with Gasteiger partial charge in [-0.15, -0.1) is 11.3 Å². The lowest BCUT2D eigenvalue weighted by Gasteiger charge is -2.11. The summed E-state index contributed by atoms with van der Waals surface area (Å²) < 4.78 is 2.21. The first-order valence-corrected chi connectivity index (χ1v) is 9.87. The third-order valence-electron chi connectivity index (χ3n) is 4.67. The molecule has 1 amide bonds. The topological polar surface area (TPSA) is 34.0 Å². The summed E-state index contributed by atoms with van der Waals surface area (Å²) in [6.07, 6.45) is 2.39. The van der Waals surface area contributed by atoms with Crippen molar-refractivity contribution in [3.05, 3.63) is 69.2 Å². The van der Waals surface area contributed by atoms with E-state index in [9.17, 15) is 4.79 Å². The quantitative estimate of drug-likeness (QED) is 0.593. The van der Waals surface area contributed by atoms with Gasteiger partial charge in [0.05, 0.1) is 0 Å². The van der Waals surface area contributed by atoms with Crippen molar-refractivity contribution in [1.29, 1.82) is 0 Å². The fourth-order valence-corrected chi connectivity index (χ4v) is 4.34. The van der Waals surface area contributed by atoms with E-state index in [0.717, 1.165) is 24.2 Å². The lowest BCUT2D eigenvalue weighted by atomic mass is 10.1. The summed E-state index contributed by atoms with van der Waals surface area (Å²) in [5.74, 6) is 0.0793. The number of anilines is 1. The number of amides is 1. The largest absolute Gasteiger partial charge is 0.326 e. The zero-order chi connectivity index (χ0) is 18.7. The highest BCUT2D eigenvalue weighted by Gasteiger charge is 2.07. The molecule has 0 radical (unpaired) electrons. The van der Waals surface area contributed by atoms with Crippen molar-refractivity contribution in [2.75, 3.05) is 5.32 Å². The van der Waals surface area contributed by atoms with Crippen molar-refractivity contribution in [3.8, 4) is 5.69 Å². The Labute approximate surface area is 159 Å². The highest BCUT2D eigenvalue weighted by molar-refractivity contribution is 7.12. The van der Waals surface area contributed by atoms with Gasteiger partial charge in [0.2, 0.25) is 5.91 Å². The van der Waals surface area contributed by atoms with Crippen LogP contribution in [0.25, 0.3) is 5.69 Å². The van der Waals surface area contributed by atoms with Crippen LogP contribution in [-0.4, -0.2) is 10.5 Å². The molecule has 0 aliphatic rings. The molecular weight excluding hydrogens is 340 g/mol. The molecule has 0 aliphatic carbocycles. The predicted octanol–water partition coefficient (Wildman–Crippen LogP) is 5.73. The summed E-state index contributed by atoms with van der Waals surface area (Å²) in [5.41, 5.74) is 5.76. The Kier molecular flexibility index (Phi) is 5.62. The Morgan fingerprint density at radius 1 is 1.00 bits per heavy atom. The molecule has 0 spiro atoms. The number of nitrogens with zero attached hydrogens (tertiary/aromatic N) is 1. The molecule has 0 bridgehead atoms. The lowest BCUT2D eigenvalue weighted by Crippen LogP contribution is -2.11. The number of rotatable bonds is 6. The molecule has 2 heterocycles. The average molecular weight is 367 g/mol. The number of hydrogen-bond acceptors (Lipinski definition) is 2. The SMILES string of the molecule is Cc1cc(CCCC(=O)Nc2ccc(-n3c(C)ccc3C)cc2)c(C)s1. The Morgan fingerprint density at radius 3 is 2.23 bits per heavy atom. The Bertz CT molecular complexity index is 883. The zero-order valence-corrected chi connectivity index (χ0v) is 16.7. The molecule has 3 rings (SSSR count). The number of hydrogen-bond donors (Lipinski definition) is 1. The maximum atomic E-state index is 12.2. The minimum Gasteiger partial charge on any atom is -0.326 e. The Morgan fingerprint density at radius 2 is 1.65 bits per heavy atom. The summed E-state index contributed by atoms with van der Waals surface area (Å²) in [6.45, 7) is 8.48. The van der Waals surface area contributed by atoms with E-state index in [4.69, 9.17) is 0 Å². The fourth-order valence-electron chi connectivity index (χ4n) is 3.36. The van der Waals surface area contributed by atoms with E-state index in [-0.39, 0.29) is 5.91 Å². The van der Waals surface area contributed by atoms with Gasteiger partial charge < -0.3 is 9.88 Å². The Hall–Kier alpha value is -2.33. The maximum absolute atomic E-state index is 12.2. The van der Waals surface area contributed by atoms with Crippen LogP contribution in [0.15, 0.2) is 42.5 Å². The summed E-state index contributed by atoms with van der Waals surface area (Å²) in [7, 11) is 0. The smallest absolute Gasteiger partial charge is 0.224 e. The second-order valence-electron chi connectivity index (χ2n) is 6.84. The molecule has 0 atom stereocenters. The normalized spacial score (nSPS) is 10.9. The van der Waals surface area contributed by atoms with Gasteiger partial charge in [0, 0.05) is 38.9 Å². The van der Waals surface area contributed by atoms with Crippen LogP contribution in [0.2, 0.25) is 0 Å². The molecule has 1 N–H and O–H groups in total. The summed E-state index contributed by atoms with van der Waals surface area (Å²) in [6, 6.07) is 14.5. The van der Waals surface area contributed by atoms with Gasteiger partial charge in [0.25, 0.3) is 0 Å². The standard InChI is InChI=1S/C22H26N2OS/c1-15-8-9-16(2)24(15)21-12-10-20(11-13-21)23-22(25)7-5-6-19-14-17(3)26-18(19)4/h8-14H,5-7H2,1-4H3,(H,23,25). The van der Waals surface area contributed by atoms with E-state index in [2.05, 4.69) is 55.8 Å². The average Bonchev–Trinajstić information content (AvgIpc) is 3.09. The second-order valence-corrected chi connectivity index (χ2v) is 8.30. The van der Waals surface area contributed by atoms with Crippen molar-refractivity contribution in [3.63, 3.8) is 0 Å². The van der Waals surface area contributed by atoms with Gasteiger partial charge in [-0.1, -0.05) is 0 Å². The zero-order valence-electron chi connectivity index (χ0n) is 15.9. The molecule has 3 nitrogen and oxygen atoms in total. The van der Waals surface area contributed by atoms with Crippen LogP contribution < -0.4 is 5.32 Å². The van der Waals surface area contributed by atoms with Gasteiger partial charge in [-0.2, -0.15) is 0 Å². The second kappa shape index (κ2) is 7.92. The molecule has 0 aliphatic heterocycles. The summed E-state index contributed by atoms with van der Waals surface area (Å²) in [5, 5.41) is 3.00. The molecule has 2 aromatic heterocycles. The number of aryl methyl sites for hydroxylation is 5. The number of nitrogens with one attached hydrogen (secondary N) is 1. The molecule has 1 aromatic carbocycles. The van der Waals surface area contributed by atoms with E-state index >= 15 is 0 Å². The van der Waals surface area contributed by atoms with Crippen LogP contribution in [-0.2, 0) is 11.2 Å². The van der Waals surface area contributed by atoms with Crippen molar-refractivity contribution in [2.24, 2.45) is 0 Å². The third kappa shape index (κ3) is 4.25. The van der Waals surface area contributed by atoms with E-state index in [1.165, 1.54) is 26.7 Å². The van der Waals surface area contributed by atoms with Crippen LogP contribution in [0, 0.1) is 27.7 Å². The molecule has 4 heteroatoms. The molecule has 136 valence electrons. The highest BCUT2D eigenvalue weighted by atomic mass is 32.1. The lowest BCUT2D eigenvalue weighted by molar-refractivity contribution is -0.116. The van der Waals surface area contributed by atoms with Gasteiger partial charge in [-0.05, 0) is 88.6 Å². The Balaban J connectivity index is 1.54. The van der Waals surface area contributed by atoms with E-state index in [1.807, 2.05) is 35.6 Å². The van der Waals surface area contributed by atoms with Gasteiger partial charge >= 0.3 is 0 Å². The number of carbonyl (C=O) groups is 1. The van der Waals surface area contributed by atoms with Gasteiger partial charge in [0.15, 0.2) is 0 Å². The number of aromatic nitrogens is 1. The highest BCUT2D eigenvalue weighted by Crippen LogP contribution is 2.22. The maximum Gasteiger partial charge on any atom is 0.224 e. The van der Waals surface area contributed by atoms with Crippen LogP contribution >= 0.6 is 11.3 Å². The van der Waals surface area contributed by atoms with Crippen LogP contribution in [0.3, 0.4) is 0 Å². The molecule has 0 unspecified atom stereocenters. The molecule has 0 fully saturated rings. The first kappa shape index (κ1) is 18.5. The number of carbonyl (C=O) groups excluding carboxylic acids is 1. The van der Waals surface area contributed by atoms with Gasteiger partial charge in [-0.3, -0.25) is 4.79 Å². The first-order chi connectivity index (χ1) is 12.4. The summed E-state index contributed by atoms with van der Waals surface area (Å²) >= 11 is 1.83. The minimum atomic E-state index is 0.0793. The van der Waals surface area contributed by atoms with Crippen LogP contribution in [0.5, 0.6) is 0 Å². The van der Waals surface area contributed by atoms with Crippen molar-refractivity contribution in [1.82, 2.24) is 4.57 Å². The predicted molar refractivity (Wildman–Crippen MR) is 111 cm³/mol. The van der Waals surface area contributed by atoms with Gasteiger partial charge in [-0.25, -0.2) is 0 Å².